The molecule has 0 aliphatic heterocycles. The van der Waals surface area contributed by atoms with Crippen LogP contribution in [0.15, 0.2) is 94.6 Å². The lowest BCUT2D eigenvalue weighted by Gasteiger charge is -2.14. The molecule has 2 heterocycles. The van der Waals surface area contributed by atoms with Crippen molar-refractivity contribution >= 4 is 16.7 Å². The summed E-state index contributed by atoms with van der Waals surface area (Å²) in [5, 5.41) is 0.523. The quantitative estimate of drug-likeness (QED) is 0.437. The van der Waals surface area contributed by atoms with Crippen molar-refractivity contribution in [1.29, 1.82) is 0 Å². The van der Waals surface area contributed by atoms with E-state index in [9.17, 15) is 9.59 Å². The van der Waals surface area contributed by atoms with Gasteiger partial charge in [0.1, 0.15) is 0 Å². The second-order valence-corrected chi connectivity index (χ2v) is 7.40. The number of fused-ring (bicyclic) bond motifs is 2. The summed E-state index contributed by atoms with van der Waals surface area (Å²) in [5.41, 5.74) is 3.52. The highest BCUT2D eigenvalue weighted by Crippen LogP contribution is 2.15. The third-order valence-corrected chi connectivity index (χ3v) is 5.28. The molecule has 0 unspecified atom stereocenters. The van der Waals surface area contributed by atoms with Gasteiger partial charge in [0.25, 0.3) is 11.1 Å². The Morgan fingerprint density at radius 1 is 0.800 bits per heavy atom. The Hall–Kier alpha value is -3.99. The Labute approximate surface area is 172 Å². The highest BCUT2D eigenvalue weighted by atomic mass is 16.1. The number of aryl methyl sites for hydroxylation is 1. The minimum Gasteiger partial charge on any atom is -0.268 e. The first-order chi connectivity index (χ1) is 14.6. The Kier molecular flexibility index (Phi) is 4.29. The number of benzene rings is 3. The van der Waals surface area contributed by atoms with Gasteiger partial charge < -0.3 is 0 Å². The van der Waals surface area contributed by atoms with Crippen LogP contribution in [0.25, 0.3) is 22.4 Å². The van der Waals surface area contributed by atoms with Crippen molar-refractivity contribution in [2.75, 3.05) is 0 Å². The van der Waals surface area contributed by atoms with Crippen LogP contribution in [-0.4, -0.2) is 14.0 Å². The molecule has 0 bridgehead atoms. The first-order valence-electron chi connectivity index (χ1n) is 9.79. The summed E-state index contributed by atoms with van der Waals surface area (Å²) < 4.78 is 3.02. The van der Waals surface area contributed by atoms with Crippen molar-refractivity contribution in [2.24, 2.45) is 0 Å². The van der Waals surface area contributed by atoms with Crippen molar-refractivity contribution < 1.29 is 0 Å². The summed E-state index contributed by atoms with van der Waals surface area (Å²) in [4.78, 5) is 31.4. The summed E-state index contributed by atoms with van der Waals surface area (Å²) in [6.45, 7) is 1.99. The van der Waals surface area contributed by atoms with Crippen LogP contribution in [0.2, 0.25) is 0 Å². The summed E-state index contributed by atoms with van der Waals surface area (Å²) in [5.74, 6) is 0.310. The normalized spacial score (nSPS) is 11.2. The second kappa shape index (κ2) is 7.12. The zero-order chi connectivity index (χ0) is 20.7. The maximum atomic E-state index is 13.5. The largest absolute Gasteiger partial charge is 0.268 e. The fraction of sp³-hybridized carbons (Fsp3) is 0.0800. The minimum atomic E-state index is -0.189. The molecule has 2 aromatic heterocycles. The van der Waals surface area contributed by atoms with Crippen molar-refractivity contribution in [3.8, 4) is 5.69 Å². The van der Waals surface area contributed by atoms with Crippen molar-refractivity contribution in [3.05, 3.63) is 122 Å². The van der Waals surface area contributed by atoms with Gasteiger partial charge >= 0.3 is 0 Å². The Bertz CT molecular complexity index is 1500. The molecule has 0 aliphatic carbocycles. The van der Waals surface area contributed by atoms with E-state index in [0.717, 1.165) is 11.1 Å². The molecule has 30 heavy (non-hydrogen) atoms. The number of rotatable bonds is 3. The highest BCUT2D eigenvalue weighted by Gasteiger charge is 2.16. The smallest absolute Gasteiger partial charge is 0.266 e. The standard InChI is InChI=1S/C25H19N3O2/c1-17-11-13-20(14-12-17)28-23(29)19(15-18-7-3-2-4-8-18)16-27-24(30)21-9-5-6-10-22(21)26-25(27)28/h2-14,16H,15H2,1H3. The lowest BCUT2D eigenvalue weighted by molar-refractivity contribution is 0.875. The summed E-state index contributed by atoms with van der Waals surface area (Å²) in [6.07, 6.45) is 2.07. The maximum absolute atomic E-state index is 13.5. The topological polar surface area (TPSA) is 56.4 Å². The molecule has 0 fully saturated rings. The Morgan fingerprint density at radius 2 is 1.50 bits per heavy atom. The molecule has 0 atom stereocenters. The molecule has 146 valence electrons. The Balaban J connectivity index is 1.88. The SMILES string of the molecule is Cc1ccc(-n2c(=O)c(Cc3ccccc3)cn3c(=O)c4ccccc4nc23)cc1. The van der Waals surface area contributed by atoms with E-state index in [-0.39, 0.29) is 11.1 Å². The van der Waals surface area contributed by atoms with Crippen LogP contribution in [-0.2, 0) is 6.42 Å². The summed E-state index contributed by atoms with van der Waals surface area (Å²) >= 11 is 0. The number of nitrogens with zero attached hydrogens (tertiary/aromatic N) is 3. The van der Waals surface area contributed by atoms with Crippen LogP contribution in [0.1, 0.15) is 16.7 Å². The molecule has 0 amide bonds. The van der Waals surface area contributed by atoms with Crippen molar-refractivity contribution in [3.63, 3.8) is 0 Å². The van der Waals surface area contributed by atoms with E-state index >= 15 is 0 Å². The van der Waals surface area contributed by atoms with Gasteiger partial charge in [0.15, 0.2) is 0 Å². The van der Waals surface area contributed by atoms with Gasteiger partial charge in [0.2, 0.25) is 5.78 Å². The third-order valence-electron chi connectivity index (χ3n) is 5.28. The van der Waals surface area contributed by atoms with Crippen LogP contribution in [0.5, 0.6) is 0 Å². The van der Waals surface area contributed by atoms with E-state index in [2.05, 4.69) is 4.98 Å². The van der Waals surface area contributed by atoms with Gasteiger partial charge in [-0.05, 0) is 36.8 Å². The van der Waals surface area contributed by atoms with E-state index in [1.807, 2.05) is 73.7 Å². The number of para-hydroxylation sites is 1. The van der Waals surface area contributed by atoms with Crippen molar-refractivity contribution in [2.45, 2.75) is 13.3 Å². The first kappa shape index (κ1) is 18.1. The van der Waals surface area contributed by atoms with Crippen LogP contribution < -0.4 is 11.1 Å². The number of aromatic nitrogens is 3. The van der Waals surface area contributed by atoms with Gasteiger partial charge in [0.05, 0.1) is 16.6 Å². The molecule has 5 aromatic rings. The van der Waals surface area contributed by atoms with E-state index in [1.165, 1.54) is 8.97 Å². The molecule has 0 aliphatic rings. The fourth-order valence-electron chi connectivity index (χ4n) is 3.72. The molecule has 5 rings (SSSR count). The zero-order valence-electron chi connectivity index (χ0n) is 16.4. The van der Waals surface area contributed by atoms with E-state index in [4.69, 9.17) is 0 Å². The van der Waals surface area contributed by atoms with Crippen LogP contribution in [0.3, 0.4) is 0 Å². The zero-order valence-corrected chi connectivity index (χ0v) is 16.4. The van der Waals surface area contributed by atoms with E-state index in [1.54, 1.807) is 18.3 Å². The molecule has 0 saturated carbocycles. The van der Waals surface area contributed by atoms with Gasteiger partial charge in [0, 0.05) is 18.2 Å². The van der Waals surface area contributed by atoms with Gasteiger partial charge in [-0.15, -0.1) is 0 Å². The lowest BCUT2D eigenvalue weighted by atomic mass is 10.1. The van der Waals surface area contributed by atoms with Gasteiger partial charge in [-0.25, -0.2) is 9.55 Å². The average molecular weight is 393 g/mol. The maximum Gasteiger partial charge on any atom is 0.266 e. The summed E-state index contributed by atoms with van der Waals surface area (Å²) in [7, 11) is 0. The molecular formula is C25H19N3O2. The van der Waals surface area contributed by atoms with E-state index < -0.39 is 0 Å². The van der Waals surface area contributed by atoms with Crippen LogP contribution in [0, 0.1) is 6.92 Å². The average Bonchev–Trinajstić information content (AvgIpc) is 2.77. The van der Waals surface area contributed by atoms with Crippen molar-refractivity contribution in [1.82, 2.24) is 14.0 Å². The third kappa shape index (κ3) is 3.01. The lowest BCUT2D eigenvalue weighted by Crippen LogP contribution is -2.30. The fourth-order valence-corrected chi connectivity index (χ4v) is 3.72. The van der Waals surface area contributed by atoms with Gasteiger partial charge in [-0.1, -0.05) is 60.2 Å². The highest BCUT2D eigenvalue weighted by molar-refractivity contribution is 5.79. The van der Waals surface area contributed by atoms with E-state index in [0.29, 0.717) is 34.4 Å². The molecule has 0 radical (unpaired) electrons. The predicted molar refractivity (Wildman–Crippen MR) is 119 cm³/mol. The molecule has 0 spiro atoms. The molecule has 3 aromatic carbocycles. The predicted octanol–water partition coefficient (Wildman–Crippen LogP) is 3.90. The van der Waals surface area contributed by atoms with Crippen LogP contribution in [0.4, 0.5) is 0 Å². The second-order valence-electron chi connectivity index (χ2n) is 7.40. The molecule has 5 nitrogen and oxygen atoms in total. The van der Waals surface area contributed by atoms with Gasteiger partial charge in [-0.3, -0.25) is 14.0 Å². The summed E-state index contributed by atoms with van der Waals surface area (Å²) in [6, 6.07) is 24.6. The Morgan fingerprint density at radius 3 is 2.27 bits per heavy atom. The number of hydrogen-bond donors (Lipinski definition) is 0. The first-order valence-corrected chi connectivity index (χ1v) is 9.79. The monoisotopic (exact) mass is 393 g/mol. The van der Waals surface area contributed by atoms with Gasteiger partial charge in [-0.2, -0.15) is 0 Å². The molecular weight excluding hydrogens is 374 g/mol. The molecule has 5 heteroatoms. The molecule has 0 N–H and O–H groups in total. The molecule has 0 saturated heterocycles. The minimum absolute atomic E-state index is 0.176. The van der Waals surface area contributed by atoms with Crippen LogP contribution >= 0.6 is 0 Å². The number of hydrogen-bond acceptors (Lipinski definition) is 3.